The first-order valence-corrected chi connectivity index (χ1v) is 6.54. The number of carbonyl (C=O) groups is 1. The molecule has 1 N–H and O–H groups in total. The maximum atomic E-state index is 12.8. The van der Waals surface area contributed by atoms with E-state index in [2.05, 4.69) is 15.3 Å². The van der Waals surface area contributed by atoms with E-state index < -0.39 is 22.7 Å². The average molecular weight is 330 g/mol. The minimum Gasteiger partial charge on any atom is -0.321 e. The predicted octanol–water partition coefficient (Wildman–Crippen LogP) is 4.02. The Labute approximate surface area is 129 Å². The SMILES string of the molecule is Cc1ncnc(C(=O)Nc2ccc(Cl)c(C(F)(F)F)c2)c1C. The first kappa shape index (κ1) is 16.2. The van der Waals surface area contributed by atoms with Crippen LogP contribution in [0.5, 0.6) is 0 Å². The fraction of sp³-hybridized carbons (Fsp3) is 0.214. The minimum atomic E-state index is -4.60. The molecule has 0 bridgehead atoms. The normalized spacial score (nSPS) is 11.4. The van der Waals surface area contributed by atoms with Crippen LogP contribution in [0.25, 0.3) is 0 Å². The summed E-state index contributed by atoms with van der Waals surface area (Å²) in [6.45, 7) is 3.37. The molecule has 0 saturated carbocycles. The molecule has 0 unspecified atom stereocenters. The van der Waals surface area contributed by atoms with Crippen molar-refractivity contribution in [1.29, 1.82) is 0 Å². The third kappa shape index (κ3) is 3.36. The number of aryl methyl sites for hydroxylation is 1. The standard InChI is InChI=1S/C14H11ClF3N3O/c1-7-8(2)19-6-20-12(7)13(22)21-9-3-4-11(15)10(5-9)14(16,17)18/h3-6H,1-2H3,(H,21,22). The van der Waals surface area contributed by atoms with Crippen molar-refractivity contribution in [1.82, 2.24) is 9.97 Å². The van der Waals surface area contributed by atoms with Crippen molar-refractivity contribution in [2.45, 2.75) is 20.0 Å². The second-order valence-corrected chi connectivity index (χ2v) is 4.99. The number of benzene rings is 1. The molecule has 1 heterocycles. The molecule has 0 radical (unpaired) electrons. The van der Waals surface area contributed by atoms with Crippen molar-refractivity contribution in [2.75, 3.05) is 5.32 Å². The van der Waals surface area contributed by atoms with E-state index in [9.17, 15) is 18.0 Å². The van der Waals surface area contributed by atoms with Crippen molar-refractivity contribution in [3.8, 4) is 0 Å². The van der Waals surface area contributed by atoms with Gasteiger partial charge in [0.05, 0.1) is 10.6 Å². The van der Waals surface area contributed by atoms with Crippen LogP contribution in [-0.2, 0) is 6.18 Å². The summed E-state index contributed by atoms with van der Waals surface area (Å²) in [5.74, 6) is -0.613. The third-order valence-electron chi connectivity index (χ3n) is 3.08. The minimum absolute atomic E-state index is 0.0163. The summed E-state index contributed by atoms with van der Waals surface area (Å²) < 4.78 is 38.4. The molecule has 8 heteroatoms. The second kappa shape index (κ2) is 5.92. The number of hydrogen-bond donors (Lipinski definition) is 1. The highest BCUT2D eigenvalue weighted by Crippen LogP contribution is 2.36. The molecule has 1 amide bonds. The molecular formula is C14H11ClF3N3O. The van der Waals surface area contributed by atoms with Gasteiger partial charge in [0.2, 0.25) is 0 Å². The fourth-order valence-corrected chi connectivity index (χ4v) is 2.00. The number of rotatable bonds is 2. The van der Waals surface area contributed by atoms with Crippen molar-refractivity contribution >= 4 is 23.2 Å². The van der Waals surface area contributed by atoms with Gasteiger partial charge in [-0.2, -0.15) is 13.2 Å². The summed E-state index contributed by atoms with van der Waals surface area (Å²) in [7, 11) is 0. The van der Waals surface area contributed by atoms with Gasteiger partial charge >= 0.3 is 6.18 Å². The van der Waals surface area contributed by atoms with Crippen LogP contribution in [-0.4, -0.2) is 15.9 Å². The van der Waals surface area contributed by atoms with E-state index in [1.165, 1.54) is 12.4 Å². The van der Waals surface area contributed by atoms with E-state index in [1.54, 1.807) is 13.8 Å². The number of aromatic nitrogens is 2. The van der Waals surface area contributed by atoms with E-state index in [-0.39, 0.29) is 11.4 Å². The average Bonchev–Trinajstić information content (AvgIpc) is 2.42. The quantitative estimate of drug-likeness (QED) is 0.905. The number of alkyl halides is 3. The molecule has 0 atom stereocenters. The van der Waals surface area contributed by atoms with Gasteiger partial charge in [-0.05, 0) is 32.0 Å². The van der Waals surface area contributed by atoms with Gasteiger partial charge in [-0.1, -0.05) is 11.6 Å². The lowest BCUT2D eigenvalue weighted by Gasteiger charge is -2.12. The molecule has 1 aromatic carbocycles. The lowest BCUT2D eigenvalue weighted by Crippen LogP contribution is -2.17. The molecule has 2 rings (SSSR count). The van der Waals surface area contributed by atoms with Crippen LogP contribution in [0.2, 0.25) is 5.02 Å². The van der Waals surface area contributed by atoms with Gasteiger partial charge in [0.15, 0.2) is 0 Å². The summed E-state index contributed by atoms with van der Waals surface area (Å²) in [5.41, 5.74) is 0.258. The summed E-state index contributed by atoms with van der Waals surface area (Å²) in [6, 6.07) is 3.15. The maximum absolute atomic E-state index is 12.8. The molecule has 4 nitrogen and oxygen atoms in total. The highest BCUT2D eigenvalue weighted by molar-refractivity contribution is 6.31. The van der Waals surface area contributed by atoms with E-state index in [0.29, 0.717) is 11.3 Å². The van der Waals surface area contributed by atoms with E-state index in [4.69, 9.17) is 11.6 Å². The smallest absolute Gasteiger partial charge is 0.321 e. The molecular weight excluding hydrogens is 319 g/mol. The maximum Gasteiger partial charge on any atom is 0.417 e. The highest BCUT2D eigenvalue weighted by atomic mass is 35.5. The van der Waals surface area contributed by atoms with Gasteiger partial charge in [-0.15, -0.1) is 0 Å². The third-order valence-corrected chi connectivity index (χ3v) is 3.41. The highest BCUT2D eigenvalue weighted by Gasteiger charge is 2.33. The lowest BCUT2D eigenvalue weighted by atomic mass is 10.1. The Kier molecular flexibility index (Phi) is 4.37. The molecule has 0 fully saturated rings. The van der Waals surface area contributed by atoms with Crippen molar-refractivity contribution < 1.29 is 18.0 Å². The molecule has 0 aliphatic rings. The van der Waals surface area contributed by atoms with Gasteiger partial charge in [0.1, 0.15) is 12.0 Å². The second-order valence-electron chi connectivity index (χ2n) is 4.58. The number of amides is 1. The molecule has 0 aliphatic heterocycles. The number of anilines is 1. The molecule has 0 spiro atoms. The van der Waals surface area contributed by atoms with Crippen LogP contribution >= 0.6 is 11.6 Å². The number of carbonyl (C=O) groups excluding carboxylic acids is 1. The van der Waals surface area contributed by atoms with E-state index in [0.717, 1.165) is 12.1 Å². The molecule has 2 aromatic rings. The van der Waals surface area contributed by atoms with Crippen LogP contribution in [0.1, 0.15) is 27.3 Å². The summed E-state index contributed by atoms with van der Waals surface area (Å²) in [6.07, 6.45) is -3.38. The predicted molar refractivity (Wildman–Crippen MR) is 75.9 cm³/mol. The summed E-state index contributed by atoms with van der Waals surface area (Å²) in [5, 5.41) is 1.95. The van der Waals surface area contributed by atoms with E-state index >= 15 is 0 Å². The van der Waals surface area contributed by atoms with Crippen LogP contribution in [0, 0.1) is 13.8 Å². The summed E-state index contributed by atoms with van der Waals surface area (Å²) in [4.78, 5) is 19.9. The Morgan fingerprint density at radius 3 is 2.55 bits per heavy atom. The van der Waals surface area contributed by atoms with Crippen molar-refractivity contribution in [3.05, 3.63) is 52.1 Å². The summed E-state index contributed by atoms with van der Waals surface area (Å²) >= 11 is 5.53. The number of hydrogen-bond acceptors (Lipinski definition) is 3. The zero-order valence-corrected chi connectivity index (χ0v) is 12.4. The van der Waals surface area contributed by atoms with Gasteiger partial charge in [-0.3, -0.25) is 4.79 Å². The lowest BCUT2D eigenvalue weighted by molar-refractivity contribution is -0.137. The van der Waals surface area contributed by atoms with Crippen molar-refractivity contribution in [3.63, 3.8) is 0 Å². The van der Waals surface area contributed by atoms with Gasteiger partial charge in [-0.25, -0.2) is 9.97 Å². The van der Waals surface area contributed by atoms with Crippen LogP contribution < -0.4 is 5.32 Å². The molecule has 22 heavy (non-hydrogen) atoms. The van der Waals surface area contributed by atoms with Crippen LogP contribution in [0.15, 0.2) is 24.5 Å². The Hall–Kier alpha value is -2.15. The van der Waals surface area contributed by atoms with Gasteiger partial charge < -0.3 is 5.32 Å². The molecule has 116 valence electrons. The zero-order chi connectivity index (χ0) is 16.5. The van der Waals surface area contributed by atoms with Crippen molar-refractivity contribution in [2.24, 2.45) is 0 Å². The van der Waals surface area contributed by atoms with Crippen LogP contribution in [0.4, 0.5) is 18.9 Å². The first-order chi connectivity index (χ1) is 10.2. The Bertz CT molecular complexity index is 732. The molecule has 0 aliphatic carbocycles. The largest absolute Gasteiger partial charge is 0.417 e. The van der Waals surface area contributed by atoms with Crippen LogP contribution in [0.3, 0.4) is 0 Å². The Balaban J connectivity index is 2.31. The monoisotopic (exact) mass is 329 g/mol. The zero-order valence-electron chi connectivity index (χ0n) is 11.6. The number of nitrogens with zero attached hydrogens (tertiary/aromatic N) is 2. The number of halogens is 4. The molecule has 0 saturated heterocycles. The molecule has 1 aromatic heterocycles. The van der Waals surface area contributed by atoms with Gasteiger partial charge in [0.25, 0.3) is 5.91 Å². The Morgan fingerprint density at radius 2 is 1.91 bits per heavy atom. The fourth-order valence-electron chi connectivity index (χ4n) is 1.78. The van der Waals surface area contributed by atoms with E-state index in [1.807, 2.05) is 0 Å². The van der Waals surface area contributed by atoms with Gasteiger partial charge in [0, 0.05) is 16.9 Å². The number of nitrogens with one attached hydrogen (secondary N) is 1. The Morgan fingerprint density at radius 1 is 1.23 bits per heavy atom. The topological polar surface area (TPSA) is 54.9 Å². The first-order valence-electron chi connectivity index (χ1n) is 6.16.